The third kappa shape index (κ3) is 2.62. The minimum absolute atomic E-state index is 0.0610. The Kier molecular flexibility index (Phi) is 3.39. The van der Waals surface area contributed by atoms with Gasteiger partial charge in [-0.1, -0.05) is 0 Å². The second-order valence-electron chi connectivity index (χ2n) is 5.88. The third-order valence-corrected chi connectivity index (χ3v) is 5.06. The first kappa shape index (κ1) is 14.3. The van der Waals surface area contributed by atoms with Crippen LogP contribution in [0.25, 0.3) is 0 Å². The highest BCUT2D eigenvalue weighted by molar-refractivity contribution is 7.11. The second-order valence-corrected chi connectivity index (χ2v) is 7.29. The fraction of sp³-hybridized carbons (Fsp3) is 0.643. The fourth-order valence-electron chi connectivity index (χ4n) is 3.05. The average Bonchev–Trinajstić information content (AvgIpc) is 3.02. The Morgan fingerprint density at radius 3 is 2.76 bits per heavy atom. The number of thiazole rings is 1. The van der Waals surface area contributed by atoms with E-state index in [1.165, 1.54) is 0 Å². The van der Waals surface area contributed by atoms with Crippen LogP contribution in [0.2, 0.25) is 0 Å². The highest BCUT2D eigenvalue weighted by Gasteiger charge is 2.49. The molecular weight excluding hydrogens is 290 g/mol. The van der Waals surface area contributed by atoms with Crippen molar-refractivity contribution in [3.8, 4) is 0 Å². The maximum Gasteiger partial charge on any atom is 0.410 e. The van der Waals surface area contributed by atoms with Gasteiger partial charge in [0.15, 0.2) is 5.60 Å². The Balaban J connectivity index is 1.65. The summed E-state index contributed by atoms with van der Waals surface area (Å²) in [7, 11) is 1.73. The first-order chi connectivity index (χ1) is 9.88. The first-order valence-electron chi connectivity index (χ1n) is 7.03. The molecule has 0 aliphatic carbocycles. The lowest BCUT2D eigenvalue weighted by molar-refractivity contribution is -0.130. The van der Waals surface area contributed by atoms with Crippen LogP contribution in [0.3, 0.4) is 0 Å². The number of likely N-dealkylation sites (N-methyl/N-ethyl adjacent to an activating group) is 1. The van der Waals surface area contributed by atoms with E-state index in [9.17, 15) is 9.59 Å². The predicted octanol–water partition coefficient (Wildman–Crippen LogP) is 1.36. The molecule has 1 spiro atoms. The van der Waals surface area contributed by atoms with Crippen LogP contribution in [0.5, 0.6) is 0 Å². The highest BCUT2D eigenvalue weighted by atomic mass is 32.1. The molecule has 21 heavy (non-hydrogen) atoms. The number of amides is 2. The Labute approximate surface area is 127 Å². The zero-order chi connectivity index (χ0) is 15.2. The smallest absolute Gasteiger partial charge is 0.410 e. The lowest BCUT2D eigenvalue weighted by Crippen LogP contribution is -2.39. The zero-order valence-electron chi connectivity index (χ0n) is 12.5. The van der Waals surface area contributed by atoms with Gasteiger partial charge in [-0.05, 0) is 13.8 Å². The van der Waals surface area contributed by atoms with Crippen molar-refractivity contribution in [2.24, 2.45) is 0 Å². The number of hydrogen-bond donors (Lipinski definition) is 0. The summed E-state index contributed by atoms with van der Waals surface area (Å²) in [6, 6.07) is 0. The summed E-state index contributed by atoms with van der Waals surface area (Å²) < 4.78 is 5.46. The molecule has 114 valence electrons. The third-order valence-electron chi connectivity index (χ3n) is 4.13. The van der Waals surface area contributed by atoms with Crippen LogP contribution in [0.15, 0.2) is 0 Å². The van der Waals surface area contributed by atoms with Crippen LogP contribution < -0.4 is 0 Å². The maximum absolute atomic E-state index is 12.4. The summed E-state index contributed by atoms with van der Waals surface area (Å²) in [6.07, 6.45) is 0.746. The van der Waals surface area contributed by atoms with Crippen molar-refractivity contribution in [2.45, 2.75) is 32.3 Å². The molecule has 2 saturated heterocycles. The molecule has 3 rings (SSSR count). The minimum atomic E-state index is -0.505. The molecule has 0 radical (unpaired) electrons. The number of carbonyl (C=O) groups is 2. The van der Waals surface area contributed by atoms with E-state index in [0.29, 0.717) is 32.5 Å². The van der Waals surface area contributed by atoms with E-state index in [0.717, 1.165) is 15.6 Å². The second kappa shape index (κ2) is 4.98. The Morgan fingerprint density at radius 1 is 1.43 bits per heavy atom. The molecule has 0 aromatic carbocycles. The molecule has 6 nitrogen and oxygen atoms in total. The molecule has 1 aromatic rings. The number of likely N-dealkylation sites (tertiary alicyclic amines) is 1. The van der Waals surface area contributed by atoms with Gasteiger partial charge in [0.05, 0.1) is 30.2 Å². The summed E-state index contributed by atoms with van der Waals surface area (Å²) >= 11 is 1.62. The monoisotopic (exact) mass is 309 g/mol. The Morgan fingerprint density at radius 2 is 2.19 bits per heavy atom. The Bertz CT molecular complexity index is 600. The molecule has 1 atom stereocenters. The molecule has 2 aliphatic rings. The van der Waals surface area contributed by atoms with Gasteiger partial charge < -0.3 is 14.5 Å². The normalized spacial score (nSPS) is 25.0. The number of hydrogen-bond acceptors (Lipinski definition) is 5. The minimum Gasteiger partial charge on any atom is -0.439 e. The zero-order valence-corrected chi connectivity index (χ0v) is 13.3. The molecule has 1 aromatic heterocycles. The molecule has 2 amide bonds. The molecular formula is C14H19N3O3S. The summed E-state index contributed by atoms with van der Waals surface area (Å²) in [5.41, 5.74) is 0.359. The number of ether oxygens (including phenoxy) is 1. The SMILES string of the molecule is Cc1nc(CC(=O)N2CC[C@]3(CN(C)C(=O)O3)C2)c(C)s1. The van der Waals surface area contributed by atoms with E-state index in [4.69, 9.17) is 4.74 Å². The summed E-state index contributed by atoms with van der Waals surface area (Å²) in [5.74, 6) is 0.0610. The van der Waals surface area contributed by atoms with E-state index in [-0.39, 0.29) is 12.0 Å². The molecule has 0 unspecified atom stereocenters. The number of carbonyl (C=O) groups excluding carboxylic acids is 2. The maximum atomic E-state index is 12.4. The van der Waals surface area contributed by atoms with Crippen molar-refractivity contribution in [2.75, 3.05) is 26.7 Å². The van der Waals surface area contributed by atoms with Gasteiger partial charge in [0.2, 0.25) is 5.91 Å². The topological polar surface area (TPSA) is 62.7 Å². The van der Waals surface area contributed by atoms with Crippen molar-refractivity contribution in [1.29, 1.82) is 0 Å². The van der Waals surface area contributed by atoms with Crippen LogP contribution in [-0.4, -0.2) is 59.1 Å². The molecule has 3 heterocycles. The van der Waals surface area contributed by atoms with E-state index >= 15 is 0 Å². The predicted molar refractivity (Wildman–Crippen MR) is 78.3 cm³/mol. The van der Waals surface area contributed by atoms with Crippen LogP contribution >= 0.6 is 11.3 Å². The standard InChI is InChI=1S/C14H19N3O3S/c1-9-11(15-10(2)21-9)6-12(18)17-5-4-14(8-17)7-16(3)13(19)20-14/h4-8H2,1-3H3/t14-/m0/s1. The van der Waals surface area contributed by atoms with Crippen LogP contribution in [-0.2, 0) is 16.0 Å². The number of aryl methyl sites for hydroxylation is 2. The van der Waals surface area contributed by atoms with E-state index in [2.05, 4.69) is 4.98 Å². The highest BCUT2D eigenvalue weighted by Crippen LogP contribution is 2.32. The van der Waals surface area contributed by atoms with Crippen LogP contribution in [0, 0.1) is 13.8 Å². The van der Waals surface area contributed by atoms with E-state index in [1.807, 2.05) is 13.8 Å². The van der Waals surface area contributed by atoms with Gasteiger partial charge in [0.1, 0.15) is 0 Å². The number of nitrogens with zero attached hydrogens (tertiary/aromatic N) is 3. The van der Waals surface area contributed by atoms with Crippen molar-refractivity contribution in [1.82, 2.24) is 14.8 Å². The molecule has 0 N–H and O–H groups in total. The van der Waals surface area contributed by atoms with Crippen molar-refractivity contribution in [3.63, 3.8) is 0 Å². The summed E-state index contributed by atoms with van der Waals surface area (Å²) in [6.45, 7) is 5.63. The van der Waals surface area contributed by atoms with E-state index in [1.54, 1.807) is 28.2 Å². The van der Waals surface area contributed by atoms with Crippen molar-refractivity contribution >= 4 is 23.3 Å². The lowest BCUT2D eigenvalue weighted by atomic mass is 10.0. The van der Waals surface area contributed by atoms with E-state index < -0.39 is 5.60 Å². The van der Waals surface area contributed by atoms with Gasteiger partial charge >= 0.3 is 6.09 Å². The van der Waals surface area contributed by atoms with Gasteiger partial charge in [0.25, 0.3) is 0 Å². The van der Waals surface area contributed by atoms with Crippen LogP contribution in [0.4, 0.5) is 4.79 Å². The van der Waals surface area contributed by atoms with Gasteiger partial charge in [-0.3, -0.25) is 4.79 Å². The first-order valence-corrected chi connectivity index (χ1v) is 7.85. The quantitative estimate of drug-likeness (QED) is 0.827. The van der Waals surface area contributed by atoms with Crippen molar-refractivity contribution in [3.05, 3.63) is 15.6 Å². The molecule has 2 aliphatic heterocycles. The molecule has 7 heteroatoms. The largest absolute Gasteiger partial charge is 0.439 e. The van der Waals surface area contributed by atoms with Gasteiger partial charge in [-0.15, -0.1) is 11.3 Å². The molecule has 0 bridgehead atoms. The fourth-order valence-corrected chi connectivity index (χ4v) is 3.89. The lowest BCUT2D eigenvalue weighted by Gasteiger charge is -2.21. The summed E-state index contributed by atoms with van der Waals surface area (Å²) in [4.78, 5) is 32.8. The van der Waals surface area contributed by atoms with Gasteiger partial charge in [-0.25, -0.2) is 9.78 Å². The average molecular weight is 309 g/mol. The molecule has 0 saturated carbocycles. The summed E-state index contributed by atoms with van der Waals surface area (Å²) in [5, 5.41) is 0.986. The molecule has 2 fully saturated rings. The van der Waals surface area contributed by atoms with Gasteiger partial charge in [-0.2, -0.15) is 0 Å². The van der Waals surface area contributed by atoms with Crippen molar-refractivity contribution < 1.29 is 14.3 Å². The number of rotatable bonds is 2. The number of aromatic nitrogens is 1. The Hall–Kier alpha value is -1.63. The van der Waals surface area contributed by atoms with Crippen LogP contribution in [0.1, 0.15) is 22.0 Å². The van der Waals surface area contributed by atoms with Gasteiger partial charge in [0, 0.05) is 24.9 Å².